The molecule has 6 nitrogen and oxygen atoms in total. The summed E-state index contributed by atoms with van der Waals surface area (Å²) in [5.74, 6) is 0.0409. The highest BCUT2D eigenvalue weighted by Crippen LogP contribution is 2.21. The molecule has 1 amide bonds. The predicted octanol–water partition coefficient (Wildman–Crippen LogP) is 0.539. The van der Waals surface area contributed by atoms with Crippen molar-refractivity contribution in [3.05, 3.63) is 21.6 Å². The molecule has 104 valence electrons. The molecule has 0 saturated carbocycles. The predicted molar refractivity (Wildman–Crippen MR) is 73.3 cm³/mol. The summed E-state index contributed by atoms with van der Waals surface area (Å²) in [6, 6.07) is 0. The largest absolute Gasteiger partial charge is 0.383 e. The number of carbonyl (C=O) groups excluding carboxylic acids is 1. The number of rotatable bonds is 4. The molecule has 0 fully saturated rings. The van der Waals surface area contributed by atoms with Crippen molar-refractivity contribution in [2.75, 3.05) is 25.0 Å². The second kappa shape index (κ2) is 5.86. The third-order valence-electron chi connectivity index (χ3n) is 3.50. The number of carbonyl (C=O) groups is 1. The van der Waals surface area contributed by atoms with Crippen molar-refractivity contribution in [1.82, 2.24) is 15.1 Å². The number of hydrogen-bond acceptors (Lipinski definition) is 4. The van der Waals surface area contributed by atoms with Crippen LogP contribution >= 0.6 is 0 Å². The number of nitrogens with one attached hydrogen (secondary N) is 2. The number of likely N-dealkylation sites (N-methyl/N-ethyl adjacent to an activating group) is 1. The molecular formula is C13H20N4O2. The fourth-order valence-electron chi connectivity index (χ4n) is 2.41. The van der Waals surface area contributed by atoms with E-state index in [2.05, 4.69) is 15.5 Å². The molecule has 1 aromatic heterocycles. The van der Waals surface area contributed by atoms with Crippen molar-refractivity contribution in [2.24, 2.45) is 0 Å². The zero-order valence-corrected chi connectivity index (χ0v) is 11.5. The molecule has 0 saturated heterocycles. The number of fused-ring (bicyclic) bond motifs is 1. The van der Waals surface area contributed by atoms with Gasteiger partial charge in [0, 0.05) is 25.2 Å². The highest BCUT2D eigenvalue weighted by molar-refractivity contribution is 5.80. The molecule has 1 aromatic rings. The molecule has 0 spiro atoms. The maximum Gasteiger partial charge on any atom is 0.269 e. The molecule has 6 heteroatoms. The average molecular weight is 264 g/mol. The Morgan fingerprint density at radius 3 is 2.79 bits per heavy atom. The summed E-state index contributed by atoms with van der Waals surface area (Å²) in [7, 11) is 0. The highest BCUT2D eigenvalue weighted by atomic mass is 16.2. The van der Waals surface area contributed by atoms with E-state index < -0.39 is 0 Å². The molecule has 2 N–H and O–H groups in total. The first-order valence-electron chi connectivity index (χ1n) is 6.79. The van der Waals surface area contributed by atoms with Crippen molar-refractivity contribution in [3.63, 3.8) is 0 Å². The van der Waals surface area contributed by atoms with E-state index in [1.807, 2.05) is 13.8 Å². The fourth-order valence-corrected chi connectivity index (χ4v) is 2.41. The van der Waals surface area contributed by atoms with Gasteiger partial charge in [-0.3, -0.25) is 9.59 Å². The van der Waals surface area contributed by atoms with E-state index in [-0.39, 0.29) is 17.9 Å². The third kappa shape index (κ3) is 2.77. The van der Waals surface area contributed by atoms with E-state index in [9.17, 15) is 9.59 Å². The average Bonchev–Trinajstić information content (AvgIpc) is 2.44. The maximum atomic E-state index is 12.1. The molecular weight excluding hydrogens is 244 g/mol. The molecule has 0 radical (unpaired) electrons. The number of H-pyrrole nitrogens is 1. The van der Waals surface area contributed by atoms with Gasteiger partial charge >= 0.3 is 0 Å². The summed E-state index contributed by atoms with van der Waals surface area (Å²) in [6.07, 6.45) is 1.91. The van der Waals surface area contributed by atoms with Gasteiger partial charge in [-0.1, -0.05) is 0 Å². The lowest BCUT2D eigenvalue weighted by Gasteiger charge is -2.22. The normalized spacial score (nSPS) is 13.6. The number of anilines is 1. The van der Waals surface area contributed by atoms with E-state index >= 15 is 0 Å². The Morgan fingerprint density at radius 1 is 1.37 bits per heavy atom. The minimum Gasteiger partial charge on any atom is -0.383 e. The van der Waals surface area contributed by atoms with Gasteiger partial charge in [-0.15, -0.1) is 0 Å². The second-order valence-electron chi connectivity index (χ2n) is 4.63. The zero-order valence-electron chi connectivity index (χ0n) is 11.5. The molecule has 1 aliphatic heterocycles. The van der Waals surface area contributed by atoms with E-state index in [0.29, 0.717) is 18.8 Å². The van der Waals surface area contributed by atoms with Crippen LogP contribution < -0.4 is 10.9 Å². The highest BCUT2D eigenvalue weighted by Gasteiger charge is 2.20. The number of amides is 1. The molecule has 2 rings (SSSR count). The molecule has 1 aliphatic rings. The number of aromatic nitrogens is 2. The fraction of sp³-hybridized carbons (Fsp3) is 0.615. The van der Waals surface area contributed by atoms with Crippen LogP contribution in [0.2, 0.25) is 0 Å². The number of aromatic amines is 1. The Morgan fingerprint density at radius 2 is 2.11 bits per heavy atom. The van der Waals surface area contributed by atoms with Gasteiger partial charge < -0.3 is 10.2 Å². The Labute approximate surface area is 112 Å². The van der Waals surface area contributed by atoms with Gasteiger partial charge in [0.2, 0.25) is 5.91 Å². The SMILES string of the molecule is CCN(CC)C(=O)Cc1n[nH]c(=O)c2c1NCCC2. The Bertz CT molecular complexity index is 520. The van der Waals surface area contributed by atoms with Crippen LogP contribution in [-0.2, 0) is 17.6 Å². The van der Waals surface area contributed by atoms with Crippen LogP contribution in [0.15, 0.2) is 4.79 Å². The summed E-state index contributed by atoms with van der Waals surface area (Å²) in [4.78, 5) is 25.6. The van der Waals surface area contributed by atoms with Gasteiger partial charge in [0.1, 0.15) is 0 Å². The molecule has 0 unspecified atom stereocenters. The first kappa shape index (κ1) is 13.6. The van der Waals surface area contributed by atoms with Crippen molar-refractivity contribution >= 4 is 11.6 Å². The van der Waals surface area contributed by atoms with E-state index in [1.54, 1.807) is 4.90 Å². The summed E-state index contributed by atoms with van der Waals surface area (Å²) in [6.45, 7) is 6.11. The van der Waals surface area contributed by atoms with Crippen LogP contribution in [0.1, 0.15) is 31.5 Å². The van der Waals surface area contributed by atoms with Crippen molar-refractivity contribution in [2.45, 2.75) is 33.1 Å². The monoisotopic (exact) mass is 264 g/mol. The van der Waals surface area contributed by atoms with Crippen LogP contribution in [0.5, 0.6) is 0 Å². The van der Waals surface area contributed by atoms with Gasteiger partial charge in [-0.05, 0) is 26.7 Å². The molecule has 0 aromatic carbocycles. The van der Waals surface area contributed by atoms with Crippen LogP contribution in [0.25, 0.3) is 0 Å². The number of nitrogens with zero attached hydrogens (tertiary/aromatic N) is 2. The third-order valence-corrected chi connectivity index (χ3v) is 3.50. The second-order valence-corrected chi connectivity index (χ2v) is 4.63. The van der Waals surface area contributed by atoms with E-state index in [0.717, 1.165) is 30.6 Å². The lowest BCUT2D eigenvalue weighted by molar-refractivity contribution is -0.130. The van der Waals surface area contributed by atoms with Crippen LogP contribution in [0.3, 0.4) is 0 Å². The van der Waals surface area contributed by atoms with Crippen LogP contribution in [0, 0.1) is 0 Å². The van der Waals surface area contributed by atoms with Crippen molar-refractivity contribution in [3.8, 4) is 0 Å². The zero-order chi connectivity index (χ0) is 13.8. The Hall–Kier alpha value is -1.85. The summed E-state index contributed by atoms with van der Waals surface area (Å²) < 4.78 is 0. The minimum atomic E-state index is -0.152. The van der Waals surface area contributed by atoms with Crippen LogP contribution in [-0.4, -0.2) is 40.6 Å². The first-order valence-corrected chi connectivity index (χ1v) is 6.79. The smallest absolute Gasteiger partial charge is 0.269 e. The van der Waals surface area contributed by atoms with Gasteiger partial charge in [0.15, 0.2) is 0 Å². The molecule has 2 heterocycles. The summed E-state index contributed by atoms with van der Waals surface area (Å²) in [5, 5.41) is 9.73. The standard InChI is InChI=1S/C13H20N4O2/c1-3-17(4-2)11(18)8-10-12-9(6-5-7-14-12)13(19)16-15-10/h14H,3-8H2,1-2H3,(H,16,19). The lowest BCUT2D eigenvalue weighted by Crippen LogP contribution is -2.33. The first-order chi connectivity index (χ1) is 9.17. The summed E-state index contributed by atoms with van der Waals surface area (Å²) >= 11 is 0. The molecule has 19 heavy (non-hydrogen) atoms. The quantitative estimate of drug-likeness (QED) is 0.832. The van der Waals surface area contributed by atoms with Crippen LogP contribution in [0.4, 0.5) is 5.69 Å². The maximum absolute atomic E-state index is 12.1. The Balaban J connectivity index is 2.26. The minimum absolute atomic E-state index is 0.0409. The molecule has 0 bridgehead atoms. The van der Waals surface area contributed by atoms with Gasteiger partial charge in [-0.25, -0.2) is 5.10 Å². The lowest BCUT2D eigenvalue weighted by atomic mass is 10.0. The summed E-state index contributed by atoms with van der Waals surface area (Å²) in [5.41, 5.74) is 1.98. The molecule has 0 atom stereocenters. The van der Waals surface area contributed by atoms with E-state index in [4.69, 9.17) is 0 Å². The topological polar surface area (TPSA) is 78.1 Å². The van der Waals surface area contributed by atoms with Gasteiger partial charge in [0.05, 0.1) is 17.8 Å². The number of hydrogen-bond donors (Lipinski definition) is 2. The molecule has 0 aliphatic carbocycles. The van der Waals surface area contributed by atoms with Crippen molar-refractivity contribution < 1.29 is 4.79 Å². The van der Waals surface area contributed by atoms with Gasteiger partial charge in [0.25, 0.3) is 5.56 Å². The van der Waals surface area contributed by atoms with Crippen molar-refractivity contribution in [1.29, 1.82) is 0 Å². The van der Waals surface area contributed by atoms with E-state index in [1.165, 1.54) is 0 Å². The van der Waals surface area contributed by atoms with Gasteiger partial charge in [-0.2, -0.15) is 5.10 Å². The Kier molecular flexibility index (Phi) is 4.19.